The number of carboxylic acid groups (broad SMARTS) is 1. The SMILES string of the molecule is [N-]=[N+]=Nc1cccc(CCC(=O)O)c1O. The zero-order valence-electron chi connectivity index (χ0n) is 7.79. The number of nitrogens with zero attached hydrogens (tertiary/aromatic N) is 3. The molecule has 0 saturated carbocycles. The van der Waals surface area contributed by atoms with Gasteiger partial charge in [-0.3, -0.25) is 4.79 Å². The molecule has 15 heavy (non-hydrogen) atoms. The Bertz CT molecular complexity index is 425. The van der Waals surface area contributed by atoms with Crippen molar-refractivity contribution in [1.29, 1.82) is 0 Å². The molecule has 0 aliphatic heterocycles. The van der Waals surface area contributed by atoms with Gasteiger partial charge in [0.25, 0.3) is 0 Å². The number of aliphatic carboxylic acids is 1. The fourth-order valence-electron chi connectivity index (χ4n) is 1.15. The van der Waals surface area contributed by atoms with E-state index in [1.165, 1.54) is 6.07 Å². The number of aromatic hydroxyl groups is 1. The first-order valence-electron chi connectivity index (χ1n) is 4.23. The Kier molecular flexibility index (Phi) is 3.54. The number of para-hydroxylation sites is 1. The van der Waals surface area contributed by atoms with E-state index in [9.17, 15) is 9.90 Å². The van der Waals surface area contributed by atoms with Gasteiger partial charge < -0.3 is 10.2 Å². The van der Waals surface area contributed by atoms with Crippen LogP contribution in [0.5, 0.6) is 5.75 Å². The van der Waals surface area contributed by atoms with E-state index in [0.29, 0.717) is 5.56 Å². The normalized spacial score (nSPS) is 9.33. The first-order valence-corrected chi connectivity index (χ1v) is 4.23. The molecular weight excluding hydrogens is 198 g/mol. The van der Waals surface area contributed by atoms with Crippen molar-refractivity contribution in [3.63, 3.8) is 0 Å². The molecule has 1 rings (SSSR count). The van der Waals surface area contributed by atoms with Crippen molar-refractivity contribution in [2.24, 2.45) is 5.11 Å². The second kappa shape index (κ2) is 4.88. The van der Waals surface area contributed by atoms with E-state index in [4.69, 9.17) is 10.6 Å². The van der Waals surface area contributed by atoms with Gasteiger partial charge in [0.05, 0.1) is 5.69 Å². The smallest absolute Gasteiger partial charge is 0.303 e. The van der Waals surface area contributed by atoms with Crippen LogP contribution in [0.4, 0.5) is 5.69 Å². The van der Waals surface area contributed by atoms with Gasteiger partial charge in [0, 0.05) is 11.3 Å². The number of phenols is 1. The minimum absolute atomic E-state index is 0.0761. The first-order chi connectivity index (χ1) is 7.15. The molecule has 0 spiro atoms. The van der Waals surface area contributed by atoms with E-state index < -0.39 is 5.97 Å². The van der Waals surface area contributed by atoms with E-state index in [2.05, 4.69) is 10.0 Å². The molecule has 0 aliphatic carbocycles. The zero-order valence-corrected chi connectivity index (χ0v) is 7.79. The fourth-order valence-corrected chi connectivity index (χ4v) is 1.15. The molecule has 0 fully saturated rings. The molecule has 0 bridgehead atoms. The average Bonchev–Trinajstić information content (AvgIpc) is 2.19. The summed E-state index contributed by atoms with van der Waals surface area (Å²) in [5, 5.41) is 21.3. The van der Waals surface area contributed by atoms with Crippen LogP contribution in [0, 0.1) is 0 Å². The van der Waals surface area contributed by atoms with Crippen LogP contribution in [0.25, 0.3) is 10.4 Å². The molecule has 6 heteroatoms. The summed E-state index contributed by atoms with van der Waals surface area (Å²) in [5.41, 5.74) is 8.78. The van der Waals surface area contributed by atoms with Gasteiger partial charge >= 0.3 is 5.97 Å². The quantitative estimate of drug-likeness (QED) is 0.449. The van der Waals surface area contributed by atoms with Gasteiger partial charge in [-0.2, -0.15) is 0 Å². The van der Waals surface area contributed by atoms with Gasteiger partial charge in [0.2, 0.25) is 0 Å². The van der Waals surface area contributed by atoms with E-state index in [1.807, 2.05) is 0 Å². The number of carboxylic acids is 1. The van der Waals surface area contributed by atoms with Crippen LogP contribution in [0.15, 0.2) is 23.3 Å². The lowest BCUT2D eigenvalue weighted by Gasteiger charge is -2.04. The standard InChI is InChI=1S/C9H9N3O3/c10-12-11-7-3-1-2-6(9(7)15)4-5-8(13)14/h1-3,15H,4-5H2,(H,13,14). The highest BCUT2D eigenvalue weighted by molar-refractivity contribution is 5.67. The van der Waals surface area contributed by atoms with Gasteiger partial charge in [-0.1, -0.05) is 17.2 Å². The third kappa shape index (κ3) is 2.89. The Morgan fingerprint density at radius 2 is 2.27 bits per heavy atom. The first kappa shape index (κ1) is 10.9. The Hall–Kier alpha value is -2.20. The number of phenolic OH excluding ortho intramolecular Hbond substituents is 1. The van der Waals surface area contributed by atoms with Gasteiger partial charge in [-0.15, -0.1) is 0 Å². The molecule has 0 atom stereocenters. The molecule has 0 aromatic heterocycles. The van der Waals surface area contributed by atoms with Crippen molar-refractivity contribution in [1.82, 2.24) is 0 Å². The Morgan fingerprint density at radius 1 is 1.53 bits per heavy atom. The molecule has 2 N–H and O–H groups in total. The summed E-state index contributed by atoms with van der Waals surface area (Å²) in [5.74, 6) is -1.10. The molecule has 1 aromatic rings. The summed E-state index contributed by atoms with van der Waals surface area (Å²) < 4.78 is 0. The minimum Gasteiger partial charge on any atom is -0.507 e. The van der Waals surface area contributed by atoms with Crippen LogP contribution in [0.3, 0.4) is 0 Å². The number of benzene rings is 1. The van der Waals surface area contributed by atoms with E-state index in [1.54, 1.807) is 12.1 Å². The summed E-state index contributed by atoms with van der Waals surface area (Å²) in [6.45, 7) is 0. The van der Waals surface area contributed by atoms with Gasteiger partial charge in [0.1, 0.15) is 5.75 Å². The zero-order chi connectivity index (χ0) is 11.3. The van der Waals surface area contributed by atoms with Crippen molar-refractivity contribution in [3.05, 3.63) is 34.2 Å². The molecule has 0 saturated heterocycles. The summed E-state index contributed by atoms with van der Waals surface area (Å²) in [4.78, 5) is 12.9. The highest BCUT2D eigenvalue weighted by Crippen LogP contribution is 2.30. The topological polar surface area (TPSA) is 106 Å². The summed E-state index contributed by atoms with van der Waals surface area (Å²) in [6.07, 6.45) is 0.128. The Balaban J connectivity index is 2.93. The second-order valence-corrected chi connectivity index (χ2v) is 2.87. The van der Waals surface area contributed by atoms with Crippen LogP contribution in [-0.2, 0) is 11.2 Å². The lowest BCUT2D eigenvalue weighted by Crippen LogP contribution is -1.97. The van der Waals surface area contributed by atoms with Crippen molar-refractivity contribution in [2.75, 3.05) is 0 Å². The van der Waals surface area contributed by atoms with Crippen molar-refractivity contribution in [3.8, 4) is 5.75 Å². The number of hydrogen-bond donors (Lipinski definition) is 2. The molecule has 0 radical (unpaired) electrons. The fraction of sp³-hybridized carbons (Fsp3) is 0.222. The molecule has 78 valence electrons. The highest BCUT2D eigenvalue weighted by Gasteiger charge is 2.07. The van der Waals surface area contributed by atoms with Gasteiger partial charge in [0.15, 0.2) is 0 Å². The molecule has 6 nitrogen and oxygen atoms in total. The molecule has 0 aliphatic rings. The lowest BCUT2D eigenvalue weighted by molar-refractivity contribution is -0.136. The second-order valence-electron chi connectivity index (χ2n) is 2.87. The van der Waals surface area contributed by atoms with Gasteiger partial charge in [-0.25, -0.2) is 0 Å². The predicted molar refractivity (Wildman–Crippen MR) is 52.9 cm³/mol. The van der Waals surface area contributed by atoms with Crippen molar-refractivity contribution >= 4 is 11.7 Å². The monoisotopic (exact) mass is 207 g/mol. The van der Waals surface area contributed by atoms with E-state index in [-0.39, 0.29) is 24.3 Å². The largest absolute Gasteiger partial charge is 0.507 e. The van der Waals surface area contributed by atoms with Crippen LogP contribution < -0.4 is 0 Å². The molecular formula is C9H9N3O3. The van der Waals surface area contributed by atoms with Gasteiger partial charge in [-0.05, 0) is 23.6 Å². The highest BCUT2D eigenvalue weighted by atomic mass is 16.4. The number of carbonyl (C=O) groups is 1. The molecule has 0 heterocycles. The number of rotatable bonds is 4. The van der Waals surface area contributed by atoms with Crippen LogP contribution in [-0.4, -0.2) is 16.2 Å². The van der Waals surface area contributed by atoms with Crippen LogP contribution >= 0.6 is 0 Å². The lowest BCUT2D eigenvalue weighted by atomic mass is 10.1. The average molecular weight is 207 g/mol. The predicted octanol–water partition coefficient (Wildman–Crippen LogP) is 2.35. The summed E-state index contributed by atoms with van der Waals surface area (Å²) in [7, 11) is 0. The Labute approximate surface area is 85.4 Å². The molecule has 0 unspecified atom stereocenters. The minimum atomic E-state index is -0.941. The third-order valence-electron chi connectivity index (χ3n) is 1.86. The van der Waals surface area contributed by atoms with E-state index >= 15 is 0 Å². The van der Waals surface area contributed by atoms with Crippen LogP contribution in [0.2, 0.25) is 0 Å². The summed E-state index contributed by atoms with van der Waals surface area (Å²) in [6, 6.07) is 4.65. The molecule has 0 amide bonds. The molecule has 1 aromatic carbocycles. The summed E-state index contributed by atoms with van der Waals surface area (Å²) >= 11 is 0. The van der Waals surface area contributed by atoms with Crippen LogP contribution in [0.1, 0.15) is 12.0 Å². The third-order valence-corrected chi connectivity index (χ3v) is 1.86. The number of hydrogen-bond acceptors (Lipinski definition) is 3. The maximum Gasteiger partial charge on any atom is 0.303 e. The Morgan fingerprint density at radius 3 is 2.87 bits per heavy atom. The maximum absolute atomic E-state index is 10.3. The maximum atomic E-state index is 10.3. The number of azide groups is 1. The number of aryl methyl sites for hydroxylation is 1. The van der Waals surface area contributed by atoms with Crippen molar-refractivity contribution in [2.45, 2.75) is 12.8 Å². The van der Waals surface area contributed by atoms with Crippen molar-refractivity contribution < 1.29 is 15.0 Å². The van der Waals surface area contributed by atoms with E-state index in [0.717, 1.165) is 0 Å².